The molecule has 1 aliphatic heterocycles. The first kappa shape index (κ1) is 12.0. The third kappa shape index (κ3) is 2.46. The minimum absolute atomic E-state index is 0.325. The van der Waals surface area contributed by atoms with Crippen LogP contribution < -0.4 is 15.5 Å². The number of aromatic nitrogens is 2. The van der Waals surface area contributed by atoms with Crippen molar-refractivity contribution in [3.63, 3.8) is 0 Å². The van der Waals surface area contributed by atoms with E-state index in [0.717, 1.165) is 19.5 Å². The van der Waals surface area contributed by atoms with Crippen molar-refractivity contribution in [2.24, 2.45) is 11.7 Å². The lowest BCUT2D eigenvalue weighted by Crippen LogP contribution is -2.25. The van der Waals surface area contributed by atoms with Crippen molar-refractivity contribution in [1.82, 2.24) is 9.97 Å². The zero-order chi connectivity index (χ0) is 12.4. The molecule has 1 atom stereocenters. The minimum atomic E-state index is -0.395. The Morgan fingerprint density at radius 3 is 2.94 bits per heavy atom. The summed E-state index contributed by atoms with van der Waals surface area (Å²) in [6.45, 7) is 2.42. The van der Waals surface area contributed by atoms with Gasteiger partial charge in [0.1, 0.15) is 0 Å². The lowest BCUT2D eigenvalue weighted by molar-refractivity contribution is 0.598. The van der Waals surface area contributed by atoms with E-state index in [2.05, 4.69) is 14.9 Å². The van der Waals surface area contributed by atoms with Crippen LogP contribution in [0.3, 0.4) is 0 Å². The van der Waals surface area contributed by atoms with Crippen LogP contribution in [0.5, 0.6) is 0 Å². The molecule has 1 unspecified atom stereocenters. The van der Waals surface area contributed by atoms with Crippen LogP contribution in [-0.2, 0) is 0 Å². The van der Waals surface area contributed by atoms with E-state index in [4.69, 9.17) is 5.73 Å². The summed E-state index contributed by atoms with van der Waals surface area (Å²) < 4.78 is 13.4. The Labute approximate surface area is 100 Å². The maximum atomic E-state index is 13.4. The lowest BCUT2D eigenvalue weighted by Gasteiger charge is -2.19. The van der Waals surface area contributed by atoms with Gasteiger partial charge < -0.3 is 15.5 Å². The van der Waals surface area contributed by atoms with Gasteiger partial charge in [-0.25, -0.2) is 9.37 Å². The molecule has 1 aromatic rings. The van der Waals surface area contributed by atoms with Crippen LogP contribution in [0.25, 0.3) is 0 Å². The van der Waals surface area contributed by atoms with E-state index in [-0.39, 0.29) is 0 Å². The summed E-state index contributed by atoms with van der Waals surface area (Å²) in [7, 11) is 3.53. The quantitative estimate of drug-likeness (QED) is 0.830. The Morgan fingerprint density at radius 1 is 1.59 bits per heavy atom. The second-order valence-electron chi connectivity index (χ2n) is 4.57. The highest BCUT2D eigenvalue weighted by molar-refractivity contribution is 5.44. The Balaban J connectivity index is 2.19. The number of halogens is 1. The molecule has 2 heterocycles. The Kier molecular flexibility index (Phi) is 3.42. The molecule has 1 aromatic heterocycles. The molecule has 6 heteroatoms. The minimum Gasteiger partial charge on any atom is -0.360 e. The predicted molar refractivity (Wildman–Crippen MR) is 65.7 cm³/mol. The summed E-state index contributed by atoms with van der Waals surface area (Å²) in [5.41, 5.74) is 5.64. The van der Waals surface area contributed by atoms with Crippen LogP contribution in [0.2, 0.25) is 0 Å². The van der Waals surface area contributed by atoms with Crippen molar-refractivity contribution in [3.05, 3.63) is 12.0 Å². The molecule has 0 radical (unpaired) electrons. The van der Waals surface area contributed by atoms with Gasteiger partial charge in [-0.1, -0.05) is 0 Å². The monoisotopic (exact) mass is 239 g/mol. The van der Waals surface area contributed by atoms with Gasteiger partial charge in [0.2, 0.25) is 5.95 Å². The van der Waals surface area contributed by atoms with Gasteiger partial charge in [0.15, 0.2) is 11.6 Å². The molecule has 1 fully saturated rings. The average molecular weight is 239 g/mol. The first-order valence-corrected chi connectivity index (χ1v) is 5.76. The average Bonchev–Trinajstić information content (AvgIpc) is 2.78. The van der Waals surface area contributed by atoms with Crippen LogP contribution in [0, 0.1) is 11.7 Å². The normalized spacial score (nSPS) is 19.8. The van der Waals surface area contributed by atoms with Gasteiger partial charge in [-0.3, -0.25) is 0 Å². The molecule has 0 spiro atoms. The van der Waals surface area contributed by atoms with Crippen LogP contribution >= 0.6 is 0 Å². The van der Waals surface area contributed by atoms with Crippen molar-refractivity contribution < 1.29 is 4.39 Å². The van der Waals surface area contributed by atoms with Crippen LogP contribution in [-0.4, -0.2) is 43.7 Å². The van der Waals surface area contributed by atoms with Gasteiger partial charge in [-0.05, 0) is 18.9 Å². The standard InChI is InChI=1S/C11H18FN5/c1-16(2)10-9(12)6-14-11(15-10)17-4-3-8(5-13)7-17/h6,8H,3-5,7,13H2,1-2H3. The highest BCUT2D eigenvalue weighted by atomic mass is 19.1. The topological polar surface area (TPSA) is 58.3 Å². The molecule has 0 amide bonds. The second kappa shape index (κ2) is 4.83. The van der Waals surface area contributed by atoms with E-state index in [1.165, 1.54) is 6.20 Å². The highest BCUT2D eigenvalue weighted by Gasteiger charge is 2.24. The molecular formula is C11H18FN5. The van der Waals surface area contributed by atoms with Gasteiger partial charge in [0.05, 0.1) is 6.20 Å². The Morgan fingerprint density at radius 2 is 2.35 bits per heavy atom. The molecule has 1 aliphatic rings. The van der Waals surface area contributed by atoms with Crippen LogP contribution in [0.1, 0.15) is 6.42 Å². The summed E-state index contributed by atoms with van der Waals surface area (Å²) in [5.74, 6) is 1.01. The van der Waals surface area contributed by atoms with Crippen LogP contribution in [0.4, 0.5) is 16.2 Å². The highest BCUT2D eigenvalue weighted by Crippen LogP contribution is 2.22. The molecule has 5 nitrogen and oxygen atoms in total. The molecule has 0 bridgehead atoms. The molecule has 0 saturated carbocycles. The summed E-state index contributed by atoms with van der Waals surface area (Å²) in [5, 5.41) is 0. The molecule has 94 valence electrons. The molecule has 17 heavy (non-hydrogen) atoms. The fourth-order valence-corrected chi connectivity index (χ4v) is 2.02. The summed E-state index contributed by atoms with van der Waals surface area (Å²) in [4.78, 5) is 12.0. The number of hydrogen-bond acceptors (Lipinski definition) is 5. The number of rotatable bonds is 3. The second-order valence-corrected chi connectivity index (χ2v) is 4.57. The number of hydrogen-bond donors (Lipinski definition) is 1. The summed E-state index contributed by atoms with van der Waals surface area (Å²) in [6, 6.07) is 0. The lowest BCUT2D eigenvalue weighted by atomic mass is 10.1. The molecule has 0 aliphatic carbocycles. The van der Waals surface area contributed by atoms with E-state index in [9.17, 15) is 4.39 Å². The first-order valence-electron chi connectivity index (χ1n) is 5.76. The number of nitrogens with zero attached hydrogens (tertiary/aromatic N) is 4. The van der Waals surface area contributed by atoms with E-state index < -0.39 is 5.82 Å². The molecule has 2 N–H and O–H groups in total. The summed E-state index contributed by atoms with van der Waals surface area (Å²) >= 11 is 0. The SMILES string of the molecule is CN(C)c1nc(N2CCC(CN)C2)ncc1F. The fourth-order valence-electron chi connectivity index (χ4n) is 2.02. The van der Waals surface area contributed by atoms with E-state index in [1.807, 2.05) is 0 Å². The van der Waals surface area contributed by atoms with Crippen molar-refractivity contribution in [1.29, 1.82) is 0 Å². The maximum absolute atomic E-state index is 13.4. The van der Waals surface area contributed by atoms with Gasteiger partial charge in [-0.2, -0.15) is 4.98 Å². The maximum Gasteiger partial charge on any atom is 0.227 e. The molecular weight excluding hydrogens is 221 g/mol. The van der Waals surface area contributed by atoms with Gasteiger partial charge >= 0.3 is 0 Å². The third-order valence-electron chi connectivity index (χ3n) is 3.04. The van der Waals surface area contributed by atoms with E-state index in [0.29, 0.717) is 24.2 Å². The third-order valence-corrected chi connectivity index (χ3v) is 3.04. The van der Waals surface area contributed by atoms with Gasteiger partial charge in [0, 0.05) is 27.2 Å². The van der Waals surface area contributed by atoms with Crippen molar-refractivity contribution in [2.75, 3.05) is 43.5 Å². The largest absolute Gasteiger partial charge is 0.360 e. The van der Waals surface area contributed by atoms with Crippen LogP contribution in [0.15, 0.2) is 6.20 Å². The molecule has 1 saturated heterocycles. The molecule has 0 aromatic carbocycles. The summed E-state index contributed by atoms with van der Waals surface area (Å²) in [6.07, 6.45) is 2.28. The van der Waals surface area contributed by atoms with E-state index >= 15 is 0 Å². The first-order chi connectivity index (χ1) is 8.11. The fraction of sp³-hybridized carbons (Fsp3) is 0.636. The van der Waals surface area contributed by atoms with E-state index in [1.54, 1.807) is 19.0 Å². The Bertz CT molecular complexity index is 395. The zero-order valence-corrected chi connectivity index (χ0v) is 10.2. The number of anilines is 2. The van der Waals surface area contributed by atoms with Gasteiger partial charge in [0.25, 0.3) is 0 Å². The van der Waals surface area contributed by atoms with Gasteiger partial charge in [-0.15, -0.1) is 0 Å². The van der Waals surface area contributed by atoms with Crippen molar-refractivity contribution in [3.8, 4) is 0 Å². The smallest absolute Gasteiger partial charge is 0.227 e. The van der Waals surface area contributed by atoms with Crippen molar-refractivity contribution >= 4 is 11.8 Å². The van der Waals surface area contributed by atoms with Crippen molar-refractivity contribution in [2.45, 2.75) is 6.42 Å². The number of nitrogens with two attached hydrogens (primary N) is 1. The zero-order valence-electron chi connectivity index (χ0n) is 10.2. The Hall–Kier alpha value is -1.43. The molecule has 2 rings (SSSR count). The predicted octanol–water partition coefficient (Wildman–Crippen LogP) is 0.467.